The first-order chi connectivity index (χ1) is 9.02. The monoisotopic (exact) mass is 259 g/mol. The van der Waals surface area contributed by atoms with Crippen LogP contribution in [-0.4, -0.2) is 23.2 Å². The lowest BCUT2D eigenvalue weighted by Crippen LogP contribution is -2.13. The number of carbonyl (C=O) groups excluding carboxylic acids is 1. The molecule has 0 saturated carbocycles. The predicted molar refractivity (Wildman–Crippen MR) is 73.7 cm³/mol. The van der Waals surface area contributed by atoms with E-state index in [1.807, 2.05) is 32.0 Å². The van der Waals surface area contributed by atoms with Gasteiger partial charge in [0, 0.05) is 11.4 Å². The molecule has 0 radical (unpaired) electrons. The molecule has 0 fully saturated rings. The molecule has 2 aromatic rings. The first-order valence-corrected chi connectivity index (χ1v) is 6.00. The number of nitrogens with zero attached hydrogens (tertiary/aromatic N) is 1. The molecule has 1 heterocycles. The summed E-state index contributed by atoms with van der Waals surface area (Å²) in [7, 11) is 1.62. The number of amides is 1. The Morgan fingerprint density at radius 1 is 1.32 bits per heavy atom. The molecule has 1 aromatic heterocycles. The molecule has 1 aromatic carbocycles. The second-order valence-electron chi connectivity index (χ2n) is 4.45. The van der Waals surface area contributed by atoms with Gasteiger partial charge in [-0.3, -0.25) is 9.89 Å². The molecule has 0 aliphatic heterocycles. The second kappa shape index (κ2) is 5.14. The SMILES string of the molecule is COc1ccc(NC(=O)c2c(C)n[nH]c2C)cc1C. The summed E-state index contributed by atoms with van der Waals surface area (Å²) in [6.45, 7) is 5.56. The van der Waals surface area contributed by atoms with Crippen LogP contribution in [0.3, 0.4) is 0 Å². The fourth-order valence-electron chi connectivity index (χ4n) is 2.04. The van der Waals surface area contributed by atoms with E-state index in [0.717, 1.165) is 22.7 Å². The maximum Gasteiger partial charge on any atom is 0.259 e. The number of nitrogens with one attached hydrogen (secondary N) is 2. The van der Waals surface area contributed by atoms with Crippen LogP contribution < -0.4 is 10.1 Å². The number of aromatic nitrogens is 2. The van der Waals surface area contributed by atoms with Crippen LogP contribution in [0.15, 0.2) is 18.2 Å². The van der Waals surface area contributed by atoms with E-state index in [9.17, 15) is 4.79 Å². The summed E-state index contributed by atoms with van der Waals surface area (Å²) in [5, 5.41) is 9.68. The first kappa shape index (κ1) is 13.1. The Morgan fingerprint density at radius 2 is 2.05 bits per heavy atom. The molecule has 5 nitrogen and oxygen atoms in total. The minimum atomic E-state index is -0.159. The molecule has 100 valence electrons. The van der Waals surface area contributed by atoms with Crippen LogP contribution in [0.5, 0.6) is 5.75 Å². The zero-order valence-electron chi connectivity index (χ0n) is 11.5. The highest BCUT2D eigenvalue weighted by Crippen LogP contribution is 2.22. The Balaban J connectivity index is 2.22. The van der Waals surface area contributed by atoms with Crippen molar-refractivity contribution in [1.82, 2.24) is 10.2 Å². The molecule has 0 saturated heterocycles. The van der Waals surface area contributed by atoms with E-state index >= 15 is 0 Å². The number of rotatable bonds is 3. The molecule has 0 spiro atoms. The molecular weight excluding hydrogens is 242 g/mol. The summed E-state index contributed by atoms with van der Waals surface area (Å²) in [6.07, 6.45) is 0. The third kappa shape index (κ3) is 2.59. The number of hydrogen-bond donors (Lipinski definition) is 2. The van der Waals surface area contributed by atoms with E-state index in [-0.39, 0.29) is 5.91 Å². The number of aromatic amines is 1. The molecule has 0 atom stereocenters. The average Bonchev–Trinajstić information content (AvgIpc) is 2.69. The number of carbonyl (C=O) groups is 1. The number of benzene rings is 1. The minimum Gasteiger partial charge on any atom is -0.496 e. The standard InChI is InChI=1S/C14H17N3O2/c1-8-7-11(5-6-12(8)19-4)15-14(18)13-9(2)16-17-10(13)3/h5-7H,1-4H3,(H,15,18)(H,16,17). The Kier molecular flexibility index (Phi) is 3.55. The zero-order chi connectivity index (χ0) is 14.0. The molecule has 0 unspecified atom stereocenters. The number of hydrogen-bond acceptors (Lipinski definition) is 3. The Morgan fingerprint density at radius 3 is 2.58 bits per heavy atom. The summed E-state index contributed by atoms with van der Waals surface area (Å²) in [5.41, 5.74) is 3.76. The van der Waals surface area contributed by atoms with E-state index in [0.29, 0.717) is 11.3 Å². The summed E-state index contributed by atoms with van der Waals surface area (Å²) in [4.78, 5) is 12.2. The van der Waals surface area contributed by atoms with Crippen molar-refractivity contribution in [1.29, 1.82) is 0 Å². The number of anilines is 1. The summed E-state index contributed by atoms with van der Waals surface area (Å²) < 4.78 is 5.19. The van der Waals surface area contributed by atoms with Gasteiger partial charge >= 0.3 is 0 Å². The lowest BCUT2D eigenvalue weighted by atomic mass is 10.1. The Hall–Kier alpha value is -2.30. The van der Waals surface area contributed by atoms with Crippen molar-refractivity contribution in [2.45, 2.75) is 20.8 Å². The van der Waals surface area contributed by atoms with E-state index in [1.165, 1.54) is 0 Å². The molecule has 0 aliphatic rings. The van der Waals surface area contributed by atoms with Gasteiger partial charge in [0.1, 0.15) is 5.75 Å². The maximum atomic E-state index is 12.2. The van der Waals surface area contributed by atoms with Gasteiger partial charge in [0.15, 0.2) is 0 Å². The van der Waals surface area contributed by atoms with Gasteiger partial charge in [-0.2, -0.15) is 5.10 Å². The molecule has 1 amide bonds. The van der Waals surface area contributed by atoms with Crippen molar-refractivity contribution in [3.8, 4) is 5.75 Å². The fourth-order valence-corrected chi connectivity index (χ4v) is 2.04. The molecule has 0 aliphatic carbocycles. The summed E-state index contributed by atoms with van der Waals surface area (Å²) in [6, 6.07) is 5.52. The minimum absolute atomic E-state index is 0.159. The molecule has 5 heteroatoms. The Bertz CT molecular complexity index is 598. The van der Waals surface area contributed by atoms with Gasteiger partial charge in [0.05, 0.1) is 18.4 Å². The van der Waals surface area contributed by atoms with Gasteiger partial charge in [-0.25, -0.2) is 0 Å². The lowest BCUT2D eigenvalue weighted by molar-refractivity contribution is 0.102. The number of methoxy groups -OCH3 is 1. The highest BCUT2D eigenvalue weighted by molar-refractivity contribution is 6.05. The van der Waals surface area contributed by atoms with E-state index in [4.69, 9.17) is 4.74 Å². The molecule has 2 N–H and O–H groups in total. The highest BCUT2D eigenvalue weighted by Gasteiger charge is 2.15. The third-order valence-corrected chi connectivity index (χ3v) is 3.01. The summed E-state index contributed by atoms with van der Waals surface area (Å²) in [5.74, 6) is 0.641. The van der Waals surface area contributed by atoms with Crippen molar-refractivity contribution >= 4 is 11.6 Å². The van der Waals surface area contributed by atoms with Gasteiger partial charge in [-0.05, 0) is 44.5 Å². The van der Waals surface area contributed by atoms with Gasteiger partial charge in [0.2, 0.25) is 0 Å². The molecule has 19 heavy (non-hydrogen) atoms. The average molecular weight is 259 g/mol. The van der Waals surface area contributed by atoms with E-state index < -0.39 is 0 Å². The van der Waals surface area contributed by atoms with Crippen LogP contribution in [0, 0.1) is 20.8 Å². The number of aryl methyl sites for hydroxylation is 3. The van der Waals surface area contributed by atoms with Crippen LogP contribution >= 0.6 is 0 Å². The van der Waals surface area contributed by atoms with Crippen molar-refractivity contribution in [3.05, 3.63) is 40.7 Å². The molecular formula is C14H17N3O2. The van der Waals surface area contributed by atoms with Crippen molar-refractivity contribution < 1.29 is 9.53 Å². The smallest absolute Gasteiger partial charge is 0.259 e. The van der Waals surface area contributed by atoms with Crippen LogP contribution in [0.2, 0.25) is 0 Å². The van der Waals surface area contributed by atoms with Crippen molar-refractivity contribution in [3.63, 3.8) is 0 Å². The molecule has 2 rings (SSSR count). The van der Waals surface area contributed by atoms with Crippen LogP contribution in [0.4, 0.5) is 5.69 Å². The topological polar surface area (TPSA) is 67.0 Å². The van der Waals surface area contributed by atoms with Crippen molar-refractivity contribution in [2.24, 2.45) is 0 Å². The van der Waals surface area contributed by atoms with Gasteiger partial charge in [-0.1, -0.05) is 0 Å². The third-order valence-electron chi connectivity index (χ3n) is 3.01. The normalized spacial score (nSPS) is 10.3. The maximum absolute atomic E-state index is 12.2. The van der Waals surface area contributed by atoms with E-state index in [1.54, 1.807) is 14.0 Å². The lowest BCUT2D eigenvalue weighted by Gasteiger charge is -2.09. The van der Waals surface area contributed by atoms with E-state index in [2.05, 4.69) is 15.5 Å². The highest BCUT2D eigenvalue weighted by atomic mass is 16.5. The Labute approximate surface area is 112 Å². The fraction of sp³-hybridized carbons (Fsp3) is 0.286. The quantitative estimate of drug-likeness (QED) is 0.890. The van der Waals surface area contributed by atoms with Crippen LogP contribution in [0.25, 0.3) is 0 Å². The molecule has 0 bridgehead atoms. The predicted octanol–water partition coefficient (Wildman–Crippen LogP) is 2.60. The zero-order valence-corrected chi connectivity index (χ0v) is 11.5. The van der Waals surface area contributed by atoms with Gasteiger partial charge in [0.25, 0.3) is 5.91 Å². The number of H-pyrrole nitrogens is 1. The first-order valence-electron chi connectivity index (χ1n) is 6.00. The summed E-state index contributed by atoms with van der Waals surface area (Å²) >= 11 is 0. The second-order valence-corrected chi connectivity index (χ2v) is 4.45. The van der Waals surface area contributed by atoms with Crippen LogP contribution in [-0.2, 0) is 0 Å². The van der Waals surface area contributed by atoms with Gasteiger partial charge < -0.3 is 10.1 Å². The van der Waals surface area contributed by atoms with Gasteiger partial charge in [-0.15, -0.1) is 0 Å². The largest absolute Gasteiger partial charge is 0.496 e. The number of ether oxygens (including phenoxy) is 1. The van der Waals surface area contributed by atoms with Crippen LogP contribution in [0.1, 0.15) is 27.3 Å². The van der Waals surface area contributed by atoms with Crippen molar-refractivity contribution in [2.75, 3.05) is 12.4 Å².